The average molecular weight is 320 g/mol. The van der Waals surface area contributed by atoms with Crippen molar-refractivity contribution in [2.45, 2.75) is 39.2 Å². The Labute approximate surface area is 143 Å². The minimum atomic E-state index is -0.262. The highest BCUT2D eigenvalue weighted by atomic mass is 16.1. The van der Waals surface area contributed by atoms with Gasteiger partial charge in [0.15, 0.2) is 0 Å². The van der Waals surface area contributed by atoms with E-state index in [4.69, 9.17) is 5.73 Å². The first-order chi connectivity index (χ1) is 11.7. The molecule has 3 nitrogen and oxygen atoms in total. The van der Waals surface area contributed by atoms with E-state index in [-0.39, 0.29) is 5.91 Å². The van der Waals surface area contributed by atoms with Crippen molar-refractivity contribution in [2.24, 2.45) is 5.73 Å². The second-order valence-corrected chi connectivity index (χ2v) is 6.18. The van der Waals surface area contributed by atoms with E-state index in [9.17, 15) is 4.79 Å². The summed E-state index contributed by atoms with van der Waals surface area (Å²) in [4.78, 5) is 11.3. The van der Waals surface area contributed by atoms with Crippen molar-refractivity contribution in [3.63, 3.8) is 0 Å². The zero-order valence-electron chi connectivity index (χ0n) is 14.2. The number of fused-ring (bicyclic) bond motifs is 1. The second-order valence-electron chi connectivity index (χ2n) is 6.18. The lowest BCUT2D eigenvalue weighted by molar-refractivity contribution is -0.118. The van der Waals surface area contributed by atoms with E-state index >= 15 is 0 Å². The summed E-state index contributed by atoms with van der Waals surface area (Å²) in [6.45, 7) is 2.83. The Hall–Kier alpha value is -2.55. The van der Waals surface area contributed by atoms with Gasteiger partial charge < -0.3 is 10.3 Å². The standard InChI is InChI=1S/C21H24N2O/c1-2-3-11-18-17-12-7-8-13-19(17)23(15-14-20(22)24)21(18)16-9-5-4-6-10-16/h4-10,12-13H,2-3,11,14-15H2,1H3,(H2,22,24). The van der Waals surface area contributed by atoms with Crippen LogP contribution in [-0.2, 0) is 17.8 Å². The molecular weight excluding hydrogens is 296 g/mol. The third-order valence-corrected chi connectivity index (χ3v) is 4.49. The van der Waals surface area contributed by atoms with Gasteiger partial charge in [0, 0.05) is 23.9 Å². The topological polar surface area (TPSA) is 48.0 Å². The van der Waals surface area contributed by atoms with Crippen LogP contribution in [0.1, 0.15) is 31.7 Å². The summed E-state index contributed by atoms with van der Waals surface area (Å²) in [5, 5.41) is 1.29. The molecule has 0 aliphatic rings. The van der Waals surface area contributed by atoms with Gasteiger partial charge in [-0.1, -0.05) is 61.9 Å². The number of para-hydroxylation sites is 1. The molecular formula is C21H24N2O. The molecule has 3 rings (SSSR count). The largest absolute Gasteiger partial charge is 0.370 e. The minimum Gasteiger partial charge on any atom is -0.370 e. The van der Waals surface area contributed by atoms with E-state index in [1.807, 2.05) is 6.07 Å². The molecule has 0 radical (unpaired) electrons. The van der Waals surface area contributed by atoms with Gasteiger partial charge in [-0.05, 0) is 30.0 Å². The van der Waals surface area contributed by atoms with E-state index < -0.39 is 0 Å². The van der Waals surface area contributed by atoms with Crippen LogP contribution in [0.3, 0.4) is 0 Å². The van der Waals surface area contributed by atoms with E-state index in [2.05, 4.69) is 60.0 Å². The van der Waals surface area contributed by atoms with Crippen LogP contribution in [0, 0.1) is 0 Å². The Bertz CT molecular complexity index is 834. The third-order valence-electron chi connectivity index (χ3n) is 4.49. The molecule has 2 aromatic carbocycles. The van der Waals surface area contributed by atoms with Gasteiger partial charge in [0.2, 0.25) is 5.91 Å². The molecule has 3 heteroatoms. The van der Waals surface area contributed by atoms with Crippen LogP contribution in [0.4, 0.5) is 0 Å². The molecule has 0 unspecified atom stereocenters. The van der Waals surface area contributed by atoms with Gasteiger partial charge in [-0.25, -0.2) is 0 Å². The van der Waals surface area contributed by atoms with Gasteiger partial charge in [0.1, 0.15) is 0 Å². The minimum absolute atomic E-state index is 0.262. The number of amides is 1. The summed E-state index contributed by atoms with van der Waals surface area (Å²) in [7, 11) is 0. The number of unbranched alkanes of at least 4 members (excludes halogenated alkanes) is 1. The molecule has 0 bridgehead atoms. The van der Waals surface area contributed by atoms with E-state index in [0.29, 0.717) is 13.0 Å². The zero-order valence-corrected chi connectivity index (χ0v) is 14.2. The summed E-state index contributed by atoms with van der Waals surface area (Å²) in [6, 6.07) is 18.9. The molecule has 1 aromatic heterocycles. The first kappa shape index (κ1) is 16.3. The lowest BCUT2D eigenvalue weighted by atomic mass is 10.0. The molecule has 1 heterocycles. The predicted molar refractivity (Wildman–Crippen MR) is 99.8 cm³/mol. The molecule has 3 aromatic rings. The second kappa shape index (κ2) is 7.35. The highest BCUT2D eigenvalue weighted by molar-refractivity contribution is 5.92. The maximum absolute atomic E-state index is 11.3. The summed E-state index contributed by atoms with van der Waals surface area (Å²) in [5.74, 6) is -0.262. The number of nitrogens with two attached hydrogens (primary N) is 1. The van der Waals surface area contributed by atoms with Crippen molar-refractivity contribution in [3.8, 4) is 11.3 Å². The van der Waals surface area contributed by atoms with Crippen LogP contribution in [-0.4, -0.2) is 10.5 Å². The molecule has 0 fully saturated rings. The van der Waals surface area contributed by atoms with Crippen molar-refractivity contribution in [1.29, 1.82) is 0 Å². The molecule has 24 heavy (non-hydrogen) atoms. The average Bonchev–Trinajstić information content (AvgIpc) is 2.92. The number of primary amides is 1. The monoisotopic (exact) mass is 320 g/mol. The highest BCUT2D eigenvalue weighted by Gasteiger charge is 2.18. The smallest absolute Gasteiger partial charge is 0.219 e. The lowest BCUT2D eigenvalue weighted by Gasteiger charge is -2.12. The molecule has 0 aliphatic carbocycles. The first-order valence-corrected chi connectivity index (χ1v) is 8.66. The lowest BCUT2D eigenvalue weighted by Crippen LogP contribution is -2.14. The molecule has 124 valence electrons. The Morgan fingerprint density at radius 1 is 1.04 bits per heavy atom. The van der Waals surface area contributed by atoms with Crippen molar-refractivity contribution in [2.75, 3.05) is 0 Å². The molecule has 2 N–H and O–H groups in total. The van der Waals surface area contributed by atoms with Gasteiger partial charge >= 0.3 is 0 Å². The van der Waals surface area contributed by atoms with E-state index in [1.54, 1.807) is 0 Å². The van der Waals surface area contributed by atoms with Crippen molar-refractivity contribution in [1.82, 2.24) is 4.57 Å². The molecule has 0 atom stereocenters. The fraction of sp³-hybridized carbons (Fsp3) is 0.286. The fourth-order valence-corrected chi connectivity index (χ4v) is 3.36. The molecule has 0 aliphatic heterocycles. The van der Waals surface area contributed by atoms with Crippen LogP contribution >= 0.6 is 0 Å². The van der Waals surface area contributed by atoms with Gasteiger partial charge in [-0.15, -0.1) is 0 Å². The van der Waals surface area contributed by atoms with Crippen LogP contribution in [0.25, 0.3) is 22.2 Å². The molecule has 1 amide bonds. The van der Waals surface area contributed by atoms with Crippen molar-refractivity contribution < 1.29 is 4.79 Å². The van der Waals surface area contributed by atoms with Gasteiger partial charge in [0.05, 0.1) is 5.69 Å². The van der Waals surface area contributed by atoms with Crippen LogP contribution < -0.4 is 5.73 Å². The highest BCUT2D eigenvalue weighted by Crippen LogP contribution is 2.35. The quantitative estimate of drug-likeness (QED) is 0.683. The number of benzene rings is 2. The fourth-order valence-electron chi connectivity index (χ4n) is 3.36. The molecule has 0 spiro atoms. The van der Waals surface area contributed by atoms with Crippen molar-refractivity contribution >= 4 is 16.8 Å². The van der Waals surface area contributed by atoms with E-state index in [1.165, 1.54) is 27.7 Å². The number of carbonyl (C=O) groups excluding carboxylic acids is 1. The predicted octanol–water partition coefficient (Wildman–Crippen LogP) is 4.53. The number of aromatic nitrogens is 1. The number of rotatable bonds is 7. The molecule has 0 saturated carbocycles. The summed E-state index contributed by atoms with van der Waals surface area (Å²) < 4.78 is 2.26. The van der Waals surface area contributed by atoms with Crippen LogP contribution in [0.15, 0.2) is 54.6 Å². The number of aryl methyl sites for hydroxylation is 2. The first-order valence-electron chi connectivity index (χ1n) is 8.66. The Morgan fingerprint density at radius 2 is 1.75 bits per heavy atom. The third kappa shape index (κ3) is 3.21. The van der Waals surface area contributed by atoms with Crippen molar-refractivity contribution in [3.05, 3.63) is 60.2 Å². The SMILES string of the molecule is CCCCc1c(-c2ccccc2)n(CCC(N)=O)c2ccccc12. The molecule has 0 saturated heterocycles. The Morgan fingerprint density at radius 3 is 2.46 bits per heavy atom. The van der Waals surface area contributed by atoms with Gasteiger partial charge in [0.25, 0.3) is 0 Å². The van der Waals surface area contributed by atoms with Crippen LogP contribution in [0.5, 0.6) is 0 Å². The Kier molecular flexibility index (Phi) is 4.99. The van der Waals surface area contributed by atoms with E-state index in [0.717, 1.165) is 19.3 Å². The normalized spacial score (nSPS) is 11.0. The number of hydrogen-bond acceptors (Lipinski definition) is 1. The maximum atomic E-state index is 11.3. The summed E-state index contributed by atoms with van der Waals surface area (Å²) >= 11 is 0. The summed E-state index contributed by atoms with van der Waals surface area (Å²) in [5.41, 5.74) is 10.4. The number of nitrogens with zero attached hydrogens (tertiary/aromatic N) is 1. The number of carbonyl (C=O) groups is 1. The van der Waals surface area contributed by atoms with Crippen LogP contribution in [0.2, 0.25) is 0 Å². The van der Waals surface area contributed by atoms with Gasteiger partial charge in [-0.3, -0.25) is 4.79 Å². The zero-order chi connectivity index (χ0) is 16.9. The Balaban J connectivity index is 2.22. The summed E-state index contributed by atoms with van der Waals surface area (Å²) in [6.07, 6.45) is 3.72. The maximum Gasteiger partial charge on any atom is 0.219 e. The van der Waals surface area contributed by atoms with Gasteiger partial charge in [-0.2, -0.15) is 0 Å². The number of hydrogen-bond donors (Lipinski definition) is 1.